The van der Waals surface area contributed by atoms with Gasteiger partial charge < -0.3 is 14.9 Å². The fourth-order valence-electron chi connectivity index (χ4n) is 4.50. The number of carbonyl (C=O) groups is 1. The molecule has 1 fully saturated rings. The third-order valence-corrected chi connectivity index (χ3v) is 11.9. The summed E-state index contributed by atoms with van der Waals surface area (Å²) in [5.41, 5.74) is -1.05. The molecule has 3 aromatic rings. The molecule has 0 aromatic heterocycles. The summed E-state index contributed by atoms with van der Waals surface area (Å²) in [6.07, 6.45) is -1.67. The molecule has 1 aliphatic heterocycles. The van der Waals surface area contributed by atoms with E-state index in [2.05, 4.69) is 0 Å². The lowest BCUT2D eigenvalue weighted by atomic mass is 10.1. The largest absolute Gasteiger partial charge is 0.444 e. The third-order valence-electron chi connectivity index (χ3n) is 6.68. The van der Waals surface area contributed by atoms with Gasteiger partial charge in [0.1, 0.15) is 6.61 Å². The maximum atomic E-state index is 14.0. The molecule has 38 heavy (non-hydrogen) atoms. The Morgan fingerprint density at radius 3 is 1.82 bits per heavy atom. The molecule has 0 spiro atoms. The molecule has 0 bridgehead atoms. The molecule has 4 rings (SSSR count). The molecule has 0 saturated carbocycles. The number of nitrogens with zero attached hydrogens (tertiary/aromatic N) is 1. The van der Waals surface area contributed by atoms with Gasteiger partial charge in [-0.25, -0.2) is 21.6 Å². The van der Waals surface area contributed by atoms with Gasteiger partial charge in [0.15, 0.2) is 0 Å². The van der Waals surface area contributed by atoms with E-state index < -0.39 is 52.0 Å². The predicted octanol–water partition coefficient (Wildman–Crippen LogP) is 3.32. The van der Waals surface area contributed by atoms with E-state index in [4.69, 9.17) is 4.74 Å². The minimum absolute atomic E-state index is 0.0199. The smallest absolute Gasteiger partial charge is 0.412 e. The van der Waals surface area contributed by atoms with Crippen LogP contribution >= 0.6 is 0 Å². The zero-order valence-electron chi connectivity index (χ0n) is 20.9. The van der Waals surface area contributed by atoms with Gasteiger partial charge in [0.05, 0.1) is 9.79 Å². The summed E-state index contributed by atoms with van der Waals surface area (Å²) in [5.74, 6) is 0. The van der Waals surface area contributed by atoms with E-state index >= 15 is 0 Å². The van der Waals surface area contributed by atoms with Gasteiger partial charge in [-0.1, -0.05) is 65.7 Å². The summed E-state index contributed by atoms with van der Waals surface area (Å²) < 4.78 is 57.5. The lowest BCUT2D eigenvalue weighted by Gasteiger charge is -2.43. The molecular weight excluding hydrogens is 530 g/mol. The van der Waals surface area contributed by atoms with Crippen LogP contribution in [0.4, 0.5) is 4.79 Å². The number of sulfone groups is 2. The van der Waals surface area contributed by atoms with E-state index in [1.54, 1.807) is 44.2 Å². The van der Waals surface area contributed by atoms with Gasteiger partial charge in [0, 0.05) is 13.0 Å². The first-order chi connectivity index (χ1) is 17.8. The highest BCUT2D eigenvalue weighted by Crippen LogP contribution is 2.48. The molecular formula is C27H29NO8S2. The number of ether oxygens (including phenoxy) is 1. The molecule has 9 nitrogen and oxygen atoms in total. The quantitative estimate of drug-likeness (QED) is 0.450. The number of carbonyl (C=O) groups excluding carboxylic acids is 1. The van der Waals surface area contributed by atoms with Crippen LogP contribution in [0, 0.1) is 13.8 Å². The van der Waals surface area contributed by atoms with Crippen molar-refractivity contribution >= 4 is 25.8 Å². The van der Waals surface area contributed by atoms with Crippen molar-refractivity contribution in [2.24, 2.45) is 0 Å². The second-order valence-electron chi connectivity index (χ2n) is 9.33. The first-order valence-corrected chi connectivity index (χ1v) is 14.9. The van der Waals surface area contributed by atoms with Crippen LogP contribution in [0.3, 0.4) is 0 Å². The lowest BCUT2D eigenvalue weighted by Crippen LogP contribution is -2.69. The highest BCUT2D eigenvalue weighted by atomic mass is 32.3. The van der Waals surface area contributed by atoms with Crippen molar-refractivity contribution in [1.29, 1.82) is 0 Å². The summed E-state index contributed by atoms with van der Waals surface area (Å²) in [6, 6.07) is 19.0. The average molecular weight is 560 g/mol. The highest BCUT2D eigenvalue weighted by Gasteiger charge is 2.72. The van der Waals surface area contributed by atoms with E-state index in [1.807, 2.05) is 0 Å². The minimum Gasteiger partial charge on any atom is -0.444 e. The van der Waals surface area contributed by atoms with E-state index in [1.165, 1.54) is 24.3 Å². The van der Waals surface area contributed by atoms with Crippen molar-refractivity contribution < 1.29 is 36.6 Å². The van der Waals surface area contributed by atoms with E-state index in [-0.39, 0.29) is 19.6 Å². The number of hydrogen-bond donors (Lipinski definition) is 2. The third kappa shape index (κ3) is 4.49. The Morgan fingerprint density at radius 2 is 1.34 bits per heavy atom. The Balaban J connectivity index is 1.86. The number of likely N-dealkylation sites (tertiary alicyclic amines) is 1. The van der Waals surface area contributed by atoms with Gasteiger partial charge in [-0.3, -0.25) is 4.90 Å². The maximum Gasteiger partial charge on any atom is 0.412 e. The Labute approximate surface area is 222 Å². The van der Waals surface area contributed by atoms with Crippen LogP contribution in [0.1, 0.15) is 29.5 Å². The Kier molecular flexibility index (Phi) is 7.41. The van der Waals surface area contributed by atoms with Crippen molar-refractivity contribution in [1.82, 2.24) is 4.90 Å². The molecule has 0 unspecified atom stereocenters. The topological polar surface area (TPSA) is 138 Å². The highest BCUT2D eigenvalue weighted by molar-refractivity contribution is 8.10. The van der Waals surface area contributed by atoms with Crippen LogP contribution < -0.4 is 0 Å². The Morgan fingerprint density at radius 1 is 0.868 bits per heavy atom. The predicted molar refractivity (Wildman–Crippen MR) is 139 cm³/mol. The molecule has 1 atom stereocenters. The molecule has 1 heterocycles. The van der Waals surface area contributed by atoms with Crippen LogP contribution in [0.5, 0.6) is 0 Å². The molecule has 1 aliphatic rings. The van der Waals surface area contributed by atoms with Gasteiger partial charge in [-0.2, -0.15) is 0 Å². The fourth-order valence-corrected chi connectivity index (χ4v) is 9.15. The second kappa shape index (κ2) is 10.1. The SMILES string of the molecule is Cc1ccc(S(=O)(=O)C(O)([C@]2(O)CCCN2C(=O)OCc2ccccc2)S(=O)(=O)c2ccc(C)cc2)cc1. The number of amides is 1. The van der Waals surface area contributed by atoms with E-state index in [9.17, 15) is 31.8 Å². The van der Waals surface area contributed by atoms with E-state index in [0.29, 0.717) is 21.6 Å². The molecule has 1 amide bonds. The molecule has 0 aliphatic carbocycles. The summed E-state index contributed by atoms with van der Waals surface area (Å²) >= 11 is 0. The zero-order valence-corrected chi connectivity index (χ0v) is 22.6. The van der Waals surface area contributed by atoms with Gasteiger partial charge in [0.25, 0.3) is 0 Å². The fraction of sp³-hybridized carbons (Fsp3) is 0.296. The van der Waals surface area contributed by atoms with Crippen molar-refractivity contribution in [3.63, 3.8) is 0 Å². The van der Waals surface area contributed by atoms with Gasteiger partial charge >= 0.3 is 10.4 Å². The Bertz CT molecular complexity index is 1440. The molecule has 202 valence electrons. The maximum absolute atomic E-state index is 14.0. The molecule has 0 radical (unpaired) electrons. The summed E-state index contributed by atoms with van der Waals surface area (Å²) in [5, 5.41) is 23.9. The zero-order chi connectivity index (χ0) is 27.8. The van der Waals surface area contributed by atoms with Crippen molar-refractivity contribution in [2.75, 3.05) is 6.54 Å². The normalized spacial score (nSPS) is 18.4. The lowest BCUT2D eigenvalue weighted by molar-refractivity contribution is -0.137. The van der Waals surface area contributed by atoms with Crippen LogP contribution in [-0.4, -0.2) is 54.6 Å². The summed E-state index contributed by atoms with van der Waals surface area (Å²) in [6.45, 7) is 2.97. The van der Waals surface area contributed by atoms with Gasteiger partial charge in [-0.15, -0.1) is 0 Å². The monoisotopic (exact) mass is 559 g/mol. The second-order valence-corrected chi connectivity index (χ2v) is 13.7. The minimum atomic E-state index is -5.24. The average Bonchev–Trinajstić information content (AvgIpc) is 3.30. The summed E-state index contributed by atoms with van der Waals surface area (Å²) in [7, 11) is -10.5. The first kappa shape index (κ1) is 27.8. The van der Waals surface area contributed by atoms with Crippen LogP contribution in [0.2, 0.25) is 0 Å². The van der Waals surface area contributed by atoms with Crippen molar-refractivity contribution in [3.8, 4) is 0 Å². The number of benzene rings is 3. The number of aliphatic hydroxyl groups is 2. The van der Waals surface area contributed by atoms with Crippen molar-refractivity contribution in [2.45, 2.75) is 53.1 Å². The Hall–Kier alpha value is -3.25. The summed E-state index contributed by atoms with van der Waals surface area (Å²) in [4.78, 5) is 12.7. The van der Waals surface area contributed by atoms with Crippen LogP contribution in [0.25, 0.3) is 0 Å². The number of hydrogen-bond acceptors (Lipinski definition) is 8. The molecule has 3 aromatic carbocycles. The standard InChI is InChI=1S/C27H29NO8S2/c1-20-9-13-23(14-10-20)37(32,33)27(31,38(34,35)24-15-11-21(2)12-16-24)26(30)17-6-18-28(26)25(29)36-19-22-7-4-3-5-8-22/h3-5,7-16,30-31H,6,17-19H2,1-2H3/t26-/m1/s1. The molecule has 11 heteroatoms. The molecule has 1 saturated heterocycles. The van der Waals surface area contributed by atoms with Crippen LogP contribution in [0.15, 0.2) is 88.7 Å². The van der Waals surface area contributed by atoms with Crippen LogP contribution in [-0.2, 0) is 31.0 Å². The van der Waals surface area contributed by atoms with Gasteiger partial charge in [0.2, 0.25) is 25.4 Å². The van der Waals surface area contributed by atoms with E-state index in [0.717, 1.165) is 24.3 Å². The molecule has 2 N–H and O–H groups in total. The van der Waals surface area contributed by atoms with Crippen molar-refractivity contribution in [3.05, 3.63) is 95.6 Å². The number of rotatable bonds is 7. The number of aryl methyl sites for hydroxylation is 2. The van der Waals surface area contributed by atoms with Gasteiger partial charge in [-0.05, 0) is 50.1 Å². The first-order valence-electron chi connectivity index (χ1n) is 11.9.